The van der Waals surface area contributed by atoms with Crippen molar-refractivity contribution in [1.82, 2.24) is 24.5 Å². The summed E-state index contributed by atoms with van der Waals surface area (Å²) < 4.78 is 2.69. The molecule has 0 radical (unpaired) electrons. The first-order valence-corrected chi connectivity index (χ1v) is 7.67. The van der Waals surface area contributed by atoms with Gasteiger partial charge < -0.3 is 5.32 Å². The van der Waals surface area contributed by atoms with E-state index in [-0.39, 0.29) is 24.2 Å². The zero-order valence-corrected chi connectivity index (χ0v) is 13.4. The second-order valence-electron chi connectivity index (χ2n) is 5.72. The van der Waals surface area contributed by atoms with E-state index in [0.717, 1.165) is 10.9 Å². The number of benzene rings is 1. The molecule has 23 heavy (non-hydrogen) atoms. The van der Waals surface area contributed by atoms with Crippen LogP contribution in [0, 0.1) is 0 Å². The van der Waals surface area contributed by atoms with Gasteiger partial charge in [0.25, 0.3) is 0 Å². The molecule has 0 fully saturated rings. The number of nitrogens with zero attached hydrogens (tertiary/aromatic N) is 4. The van der Waals surface area contributed by atoms with Gasteiger partial charge in [0.15, 0.2) is 5.65 Å². The van der Waals surface area contributed by atoms with Gasteiger partial charge in [-0.15, -0.1) is 5.10 Å². The summed E-state index contributed by atoms with van der Waals surface area (Å²) in [7, 11) is 0. The van der Waals surface area contributed by atoms with Gasteiger partial charge in [0.2, 0.25) is 5.91 Å². The summed E-state index contributed by atoms with van der Waals surface area (Å²) in [5.41, 5.74) is 0.990. The Morgan fingerprint density at radius 3 is 2.74 bits per heavy atom. The van der Waals surface area contributed by atoms with Crippen molar-refractivity contribution < 1.29 is 4.79 Å². The van der Waals surface area contributed by atoms with Crippen LogP contribution in [0.15, 0.2) is 29.1 Å². The van der Waals surface area contributed by atoms with Gasteiger partial charge in [0.1, 0.15) is 12.4 Å². The predicted molar refractivity (Wildman–Crippen MR) is 87.4 cm³/mol. The molecule has 1 amide bonds. The van der Waals surface area contributed by atoms with Gasteiger partial charge in [0.05, 0.1) is 5.52 Å². The van der Waals surface area contributed by atoms with Crippen LogP contribution in [-0.4, -0.2) is 31.1 Å². The maximum absolute atomic E-state index is 12.6. The molecule has 3 aromatic rings. The minimum Gasteiger partial charge on any atom is -0.352 e. The molecule has 7 heteroatoms. The molecule has 0 spiro atoms. The van der Waals surface area contributed by atoms with Crippen LogP contribution in [0.25, 0.3) is 16.6 Å². The first-order valence-electron chi connectivity index (χ1n) is 7.67. The third-order valence-electron chi connectivity index (χ3n) is 3.55. The molecule has 0 aliphatic rings. The standard InChI is InChI=1S/C16H19N5O2/c1-4-13-18-12-8-6-5-7-11(12)15-19-20(16(23)21(13)15)9-14(22)17-10(2)3/h5-8,10H,4,9H2,1-3H3,(H,17,22). The Bertz CT molecular complexity index is 939. The molecule has 0 aliphatic carbocycles. The number of aryl methyl sites for hydroxylation is 1. The van der Waals surface area contributed by atoms with E-state index in [1.165, 1.54) is 9.08 Å². The van der Waals surface area contributed by atoms with Crippen LogP contribution in [-0.2, 0) is 17.8 Å². The maximum atomic E-state index is 12.6. The van der Waals surface area contributed by atoms with Crippen molar-refractivity contribution in [2.24, 2.45) is 0 Å². The number of carbonyl (C=O) groups is 1. The van der Waals surface area contributed by atoms with E-state index < -0.39 is 0 Å². The smallest absolute Gasteiger partial charge is 0.352 e. The first-order chi connectivity index (χ1) is 11.0. The molecule has 0 unspecified atom stereocenters. The zero-order chi connectivity index (χ0) is 16.6. The average Bonchev–Trinajstić information content (AvgIpc) is 2.83. The van der Waals surface area contributed by atoms with Crippen LogP contribution in [0.5, 0.6) is 0 Å². The summed E-state index contributed by atoms with van der Waals surface area (Å²) in [6.45, 7) is 5.58. The van der Waals surface area contributed by atoms with E-state index in [1.54, 1.807) is 0 Å². The topological polar surface area (TPSA) is 81.3 Å². The summed E-state index contributed by atoms with van der Waals surface area (Å²) >= 11 is 0. The fourth-order valence-electron chi connectivity index (χ4n) is 2.61. The molecule has 1 N–H and O–H groups in total. The average molecular weight is 313 g/mol. The minimum absolute atomic E-state index is 0.0175. The number of para-hydroxylation sites is 1. The maximum Gasteiger partial charge on any atom is 0.352 e. The number of amides is 1. The van der Waals surface area contributed by atoms with Crippen LogP contribution in [0.3, 0.4) is 0 Å². The number of hydrogen-bond acceptors (Lipinski definition) is 4. The SMILES string of the molecule is CCc1nc2ccccc2c2nn(CC(=O)NC(C)C)c(=O)n12. The van der Waals surface area contributed by atoms with E-state index in [4.69, 9.17) is 0 Å². The Morgan fingerprint density at radius 1 is 1.30 bits per heavy atom. The summed E-state index contributed by atoms with van der Waals surface area (Å²) in [6.07, 6.45) is 0.602. The summed E-state index contributed by atoms with van der Waals surface area (Å²) in [4.78, 5) is 29.1. The number of fused-ring (bicyclic) bond motifs is 3. The molecule has 2 aromatic heterocycles. The lowest BCUT2D eigenvalue weighted by atomic mass is 10.2. The van der Waals surface area contributed by atoms with Gasteiger partial charge in [-0.2, -0.15) is 0 Å². The van der Waals surface area contributed by atoms with Crippen molar-refractivity contribution in [3.8, 4) is 0 Å². The monoisotopic (exact) mass is 313 g/mol. The number of aromatic nitrogens is 4. The molecule has 0 atom stereocenters. The Morgan fingerprint density at radius 2 is 2.04 bits per heavy atom. The largest absolute Gasteiger partial charge is 0.352 e. The van der Waals surface area contributed by atoms with Gasteiger partial charge in [-0.3, -0.25) is 4.79 Å². The molecule has 2 heterocycles. The van der Waals surface area contributed by atoms with Crippen LogP contribution >= 0.6 is 0 Å². The minimum atomic E-state index is -0.339. The Kier molecular flexibility index (Phi) is 3.85. The van der Waals surface area contributed by atoms with Crippen LogP contribution in [0.4, 0.5) is 0 Å². The summed E-state index contributed by atoms with van der Waals surface area (Å²) in [6, 6.07) is 7.57. The number of nitrogens with one attached hydrogen (secondary N) is 1. The van der Waals surface area contributed by atoms with E-state index in [9.17, 15) is 9.59 Å². The quantitative estimate of drug-likeness (QED) is 0.783. The molecular weight excluding hydrogens is 294 g/mol. The highest BCUT2D eigenvalue weighted by molar-refractivity contribution is 5.91. The fraction of sp³-hybridized carbons (Fsp3) is 0.375. The van der Waals surface area contributed by atoms with E-state index in [2.05, 4.69) is 15.4 Å². The normalized spacial score (nSPS) is 11.5. The van der Waals surface area contributed by atoms with Crippen molar-refractivity contribution in [2.45, 2.75) is 39.8 Å². The number of carbonyl (C=O) groups excluding carboxylic acids is 1. The van der Waals surface area contributed by atoms with E-state index in [1.807, 2.05) is 45.0 Å². The van der Waals surface area contributed by atoms with Gasteiger partial charge in [-0.25, -0.2) is 18.9 Å². The summed E-state index contributed by atoms with van der Waals surface area (Å²) in [5, 5.41) is 7.92. The van der Waals surface area contributed by atoms with Crippen LogP contribution in [0.2, 0.25) is 0 Å². The highest BCUT2D eigenvalue weighted by atomic mass is 16.2. The van der Waals surface area contributed by atoms with Crippen molar-refractivity contribution in [3.63, 3.8) is 0 Å². The second kappa shape index (κ2) is 5.83. The molecule has 0 bridgehead atoms. The second-order valence-corrected chi connectivity index (χ2v) is 5.72. The lowest BCUT2D eigenvalue weighted by molar-refractivity contribution is -0.122. The molecule has 7 nitrogen and oxygen atoms in total. The lowest BCUT2D eigenvalue weighted by Gasteiger charge is -2.06. The van der Waals surface area contributed by atoms with Crippen LogP contribution in [0.1, 0.15) is 26.6 Å². The molecule has 1 aromatic carbocycles. The third-order valence-corrected chi connectivity index (χ3v) is 3.55. The fourth-order valence-corrected chi connectivity index (χ4v) is 2.61. The molecule has 0 saturated carbocycles. The number of hydrogen-bond donors (Lipinski definition) is 1. The Balaban J connectivity index is 2.19. The Labute approximate surface area is 132 Å². The molecule has 0 aliphatic heterocycles. The third kappa shape index (κ3) is 2.69. The zero-order valence-electron chi connectivity index (χ0n) is 13.4. The van der Waals surface area contributed by atoms with Gasteiger partial charge >= 0.3 is 5.69 Å². The highest BCUT2D eigenvalue weighted by Gasteiger charge is 2.16. The van der Waals surface area contributed by atoms with Crippen molar-refractivity contribution in [3.05, 3.63) is 40.6 Å². The number of rotatable bonds is 4. The molecule has 0 saturated heterocycles. The van der Waals surface area contributed by atoms with Crippen molar-refractivity contribution >= 4 is 22.5 Å². The molecule has 120 valence electrons. The molecule has 3 rings (SSSR count). The van der Waals surface area contributed by atoms with Gasteiger partial charge in [0, 0.05) is 17.8 Å². The van der Waals surface area contributed by atoms with Crippen molar-refractivity contribution in [1.29, 1.82) is 0 Å². The Hall–Kier alpha value is -2.70. The van der Waals surface area contributed by atoms with Crippen LogP contribution < -0.4 is 11.0 Å². The molecular formula is C16H19N5O2. The van der Waals surface area contributed by atoms with E-state index >= 15 is 0 Å². The van der Waals surface area contributed by atoms with Gasteiger partial charge in [-0.05, 0) is 26.0 Å². The van der Waals surface area contributed by atoms with Gasteiger partial charge in [-0.1, -0.05) is 19.1 Å². The van der Waals surface area contributed by atoms with Crippen molar-refractivity contribution in [2.75, 3.05) is 0 Å². The summed E-state index contributed by atoms with van der Waals surface area (Å²) in [5.74, 6) is 0.403. The first kappa shape index (κ1) is 15.2. The lowest BCUT2D eigenvalue weighted by Crippen LogP contribution is -2.36. The predicted octanol–water partition coefficient (Wildman–Crippen LogP) is 1.13. The van der Waals surface area contributed by atoms with E-state index in [0.29, 0.717) is 17.9 Å². The highest BCUT2D eigenvalue weighted by Crippen LogP contribution is 2.17.